The summed E-state index contributed by atoms with van der Waals surface area (Å²) in [6.45, 7) is 4.20. The van der Waals surface area contributed by atoms with Crippen LogP contribution in [0, 0.1) is 5.82 Å². The highest BCUT2D eigenvalue weighted by molar-refractivity contribution is 7.99. The van der Waals surface area contributed by atoms with Gasteiger partial charge in [0, 0.05) is 11.4 Å². The number of ether oxygens (including phenoxy) is 1. The lowest BCUT2D eigenvalue weighted by Crippen LogP contribution is -2.30. The number of hydrogen-bond acceptors (Lipinski definition) is 6. The molecule has 1 N–H and O–H groups in total. The number of halogens is 1. The van der Waals surface area contributed by atoms with Gasteiger partial charge in [0.1, 0.15) is 24.8 Å². The molecule has 3 rings (SSSR count). The van der Waals surface area contributed by atoms with Crippen molar-refractivity contribution < 1.29 is 13.9 Å². The van der Waals surface area contributed by atoms with Crippen LogP contribution in [-0.2, 0) is 9.53 Å². The molecule has 1 aromatic carbocycles. The van der Waals surface area contributed by atoms with E-state index in [1.807, 2.05) is 0 Å². The summed E-state index contributed by atoms with van der Waals surface area (Å²) < 4.78 is 20.3. The minimum atomic E-state index is -0.509. The number of nitrogens with one attached hydrogen (secondary N) is 1. The second-order valence-corrected chi connectivity index (χ2v) is 6.87. The Kier molecular flexibility index (Phi) is 5.37. The first-order chi connectivity index (χ1) is 12.1. The number of aromatic nitrogens is 3. The van der Waals surface area contributed by atoms with Crippen molar-refractivity contribution in [1.82, 2.24) is 14.8 Å². The first kappa shape index (κ1) is 17.5. The molecule has 0 aliphatic carbocycles. The molecule has 0 saturated carbocycles. The highest BCUT2D eigenvalue weighted by Gasteiger charge is 2.34. The first-order valence-electron chi connectivity index (χ1n) is 7.99. The van der Waals surface area contributed by atoms with Crippen LogP contribution in [0.4, 0.5) is 10.3 Å². The second kappa shape index (κ2) is 7.69. The maximum absolute atomic E-state index is 13.3. The molecule has 8 heteroatoms. The summed E-state index contributed by atoms with van der Waals surface area (Å²) in [5.41, 5.74) is 1.85. The van der Waals surface area contributed by atoms with Crippen molar-refractivity contribution in [2.75, 3.05) is 23.4 Å². The number of carbonyl (C=O) groups is 1. The van der Waals surface area contributed by atoms with Crippen LogP contribution in [0.2, 0.25) is 0 Å². The van der Waals surface area contributed by atoms with Gasteiger partial charge in [-0.1, -0.05) is 19.1 Å². The van der Waals surface area contributed by atoms with Crippen molar-refractivity contribution in [3.8, 4) is 0 Å². The number of benzene rings is 1. The molecule has 0 fully saturated rings. The lowest BCUT2D eigenvalue weighted by molar-refractivity contribution is -0.138. The molecule has 1 aliphatic rings. The normalized spacial score (nSPS) is 16.4. The summed E-state index contributed by atoms with van der Waals surface area (Å²) in [5, 5.41) is 7.29. The Bertz CT molecular complexity index is 788. The molecule has 132 valence electrons. The monoisotopic (exact) mass is 362 g/mol. The van der Waals surface area contributed by atoms with Crippen LogP contribution in [0.3, 0.4) is 0 Å². The SMILES string of the molecule is CCSCCOC(=O)C1=C(C)Nc2ncnn2[C@H]1c1ccc(F)cc1. The fraction of sp³-hybridized carbons (Fsp3) is 0.353. The number of nitrogens with zero attached hydrogens (tertiary/aromatic N) is 3. The fourth-order valence-electron chi connectivity index (χ4n) is 2.72. The largest absolute Gasteiger partial charge is 0.461 e. The third-order valence-corrected chi connectivity index (χ3v) is 4.73. The number of esters is 1. The van der Waals surface area contributed by atoms with Gasteiger partial charge in [-0.05, 0) is 30.4 Å². The van der Waals surface area contributed by atoms with Gasteiger partial charge in [0.15, 0.2) is 0 Å². The van der Waals surface area contributed by atoms with E-state index < -0.39 is 12.0 Å². The molecule has 0 radical (unpaired) electrons. The number of fused-ring (bicyclic) bond motifs is 1. The van der Waals surface area contributed by atoms with Gasteiger partial charge in [-0.15, -0.1) is 0 Å². The molecule has 0 amide bonds. The quantitative estimate of drug-likeness (QED) is 0.629. The number of rotatable bonds is 6. The summed E-state index contributed by atoms with van der Waals surface area (Å²) >= 11 is 1.71. The zero-order valence-corrected chi connectivity index (χ0v) is 14.8. The Balaban J connectivity index is 1.92. The maximum atomic E-state index is 13.3. The van der Waals surface area contributed by atoms with E-state index in [2.05, 4.69) is 22.3 Å². The molecule has 0 bridgehead atoms. The van der Waals surface area contributed by atoms with Crippen LogP contribution in [0.1, 0.15) is 25.5 Å². The average molecular weight is 362 g/mol. The molecule has 2 aromatic rings. The van der Waals surface area contributed by atoms with Crippen molar-refractivity contribution in [2.24, 2.45) is 0 Å². The smallest absolute Gasteiger partial charge is 0.338 e. The van der Waals surface area contributed by atoms with E-state index in [-0.39, 0.29) is 5.82 Å². The second-order valence-electron chi connectivity index (χ2n) is 5.48. The molecule has 0 spiro atoms. The van der Waals surface area contributed by atoms with E-state index in [4.69, 9.17) is 4.74 Å². The Morgan fingerprint density at radius 1 is 1.40 bits per heavy atom. The van der Waals surface area contributed by atoms with Crippen molar-refractivity contribution >= 4 is 23.7 Å². The average Bonchev–Trinajstić information content (AvgIpc) is 3.06. The molecular weight excluding hydrogens is 343 g/mol. The van der Waals surface area contributed by atoms with E-state index >= 15 is 0 Å². The summed E-state index contributed by atoms with van der Waals surface area (Å²) in [6.07, 6.45) is 1.41. The Morgan fingerprint density at radius 3 is 2.88 bits per heavy atom. The summed E-state index contributed by atoms with van der Waals surface area (Å²) in [4.78, 5) is 16.8. The highest BCUT2D eigenvalue weighted by atomic mass is 32.2. The molecule has 6 nitrogen and oxygen atoms in total. The third kappa shape index (κ3) is 3.68. The van der Waals surface area contributed by atoms with Gasteiger partial charge in [0.25, 0.3) is 0 Å². The molecule has 1 aromatic heterocycles. The minimum Gasteiger partial charge on any atom is -0.461 e. The summed E-state index contributed by atoms with van der Waals surface area (Å²) in [7, 11) is 0. The van der Waals surface area contributed by atoms with Gasteiger partial charge in [-0.3, -0.25) is 0 Å². The van der Waals surface area contributed by atoms with Crippen LogP contribution in [0.15, 0.2) is 41.9 Å². The van der Waals surface area contributed by atoms with Gasteiger partial charge < -0.3 is 10.1 Å². The van der Waals surface area contributed by atoms with Gasteiger partial charge >= 0.3 is 5.97 Å². The molecule has 2 heterocycles. The molecular formula is C17H19FN4O2S. The number of thioether (sulfide) groups is 1. The standard InChI is InChI=1S/C17H19FN4O2S/c1-3-25-9-8-24-16(23)14-11(2)21-17-19-10-20-22(17)15(14)12-4-6-13(18)7-5-12/h4-7,10,15H,3,8-9H2,1-2H3,(H,19,20,21)/t15-/m0/s1. The lowest BCUT2D eigenvalue weighted by Gasteiger charge is -2.28. The topological polar surface area (TPSA) is 69.0 Å². The number of hydrogen-bond donors (Lipinski definition) is 1. The zero-order chi connectivity index (χ0) is 17.8. The molecule has 1 atom stereocenters. The predicted molar refractivity (Wildman–Crippen MR) is 94.8 cm³/mol. The number of carbonyl (C=O) groups excluding carboxylic acids is 1. The van der Waals surface area contributed by atoms with Gasteiger partial charge in [-0.2, -0.15) is 21.8 Å². The zero-order valence-electron chi connectivity index (χ0n) is 14.0. The Hall–Kier alpha value is -2.35. The van der Waals surface area contributed by atoms with E-state index in [0.717, 1.165) is 17.1 Å². The molecule has 0 saturated heterocycles. The van der Waals surface area contributed by atoms with Crippen molar-refractivity contribution in [3.63, 3.8) is 0 Å². The molecule has 25 heavy (non-hydrogen) atoms. The molecule has 1 aliphatic heterocycles. The van der Waals surface area contributed by atoms with Crippen molar-refractivity contribution in [3.05, 3.63) is 53.2 Å². The van der Waals surface area contributed by atoms with E-state index in [9.17, 15) is 9.18 Å². The van der Waals surface area contributed by atoms with Gasteiger partial charge in [-0.25, -0.2) is 13.9 Å². The fourth-order valence-corrected chi connectivity index (χ4v) is 3.21. The summed E-state index contributed by atoms with van der Waals surface area (Å²) in [6, 6.07) is 5.51. The highest BCUT2D eigenvalue weighted by Crippen LogP contribution is 2.35. The van der Waals surface area contributed by atoms with Crippen LogP contribution in [0.25, 0.3) is 0 Å². The summed E-state index contributed by atoms with van der Waals surface area (Å²) in [5.74, 6) is 1.51. The lowest BCUT2D eigenvalue weighted by atomic mass is 9.96. The Morgan fingerprint density at radius 2 is 2.16 bits per heavy atom. The van der Waals surface area contributed by atoms with Gasteiger partial charge in [0.2, 0.25) is 5.95 Å². The minimum absolute atomic E-state index is 0.335. The van der Waals surface area contributed by atoms with E-state index in [1.54, 1.807) is 35.5 Å². The third-order valence-electron chi connectivity index (χ3n) is 3.86. The first-order valence-corrected chi connectivity index (χ1v) is 9.15. The maximum Gasteiger partial charge on any atom is 0.338 e. The predicted octanol–water partition coefficient (Wildman–Crippen LogP) is 3.00. The van der Waals surface area contributed by atoms with E-state index in [0.29, 0.717) is 23.8 Å². The van der Waals surface area contributed by atoms with Crippen LogP contribution in [-0.4, -0.2) is 38.8 Å². The van der Waals surface area contributed by atoms with Crippen LogP contribution >= 0.6 is 11.8 Å². The van der Waals surface area contributed by atoms with E-state index in [1.165, 1.54) is 18.5 Å². The molecule has 0 unspecified atom stereocenters. The Labute approximate surface area is 149 Å². The van der Waals surface area contributed by atoms with Crippen molar-refractivity contribution in [1.29, 1.82) is 0 Å². The number of anilines is 1. The number of allylic oxidation sites excluding steroid dienone is 1. The van der Waals surface area contributed by atoms with Crippen LogP contribution in [0.5, 0.6) is 0 Å². The van der Waals surface area contributed by atoms with Crippen molar-refractivity contribution in [2.45, 2.75) is 19.9 Å². The van der Waals surface area contributed by atoms with Gasteiger partial charge in [0.05, 0.1) is 5.57 Å². The van der Waals surface area contributed by atoms with Crippen LogP contribution < -0.4 is 5.32 Å².